The van der Waals surface area contributed by atoms with Crippen molar-refractivity contribution >= 4 is 27.3 Å². The standard InChI is InChI=1S/C20H23N3O5S/c1-14-10-15(2)13-22(12-14)29(27,28)19-8-6-17(7-9-19)21-20(24)16-4-3-5-18(11-16)23(25)26/h3-9,11,14-15H,10,12-13H2,1-2H3,(H,21,24)/t14-,15-/m1/s1. The number of nitro benzene ring substituents is 1. The van der Waals surface area contributed by atoms with Gasteiger partial charge < -0.3 is 5.32 Å². The highest BCUT2D eigenvalue weighted by Gasteiger charge is 2.31. The third kappa shape index (κ3) is 4.80. The van der Waals surface area contributed by atoms with E-state index in [4.69, 9.17) is 0 Å². The fraction of sp³-hybridized carbons (Fsp3) is 0.350. The Morgan fingerprint density at radius 3 is 2.31 bits per heavy atom. The summed E-state index contributed by atoms with van der Waals surface area (Å²) in [5.41, 5.74) is 0.372. The van der Waals surface area contributed by atoms with Crippen molar-refractivity contribution in [3.05, 3.63) is 64.2 Å². The number of amides is 1. The van der Waals surface area contributed by atoms with Crippen molar-refractivity contribution in [3.63, 3.8) is 0 Å². The Labute approximate surface area is 169 Å². The van der Waals surface area contributed by atoms with Crippen LogP contribution in [0.5, 0.6) is 0 Å². The maximum Gasteiger partial charge on any atom is 0.270 e. The molecular formula is C20H23N3O5S. The lowest BCUT2D eigenvalue weighted by molar-refractivity contribution is -0.384. The van der Waals surface area contributed by atoms with Crippen LogP contribution < -0.4 is 5.32 Å². The molecule has 0 radical (unpaired) electrons. The molecule has 8 nitrogen and oxygen atoms in total. The van der Waals surface area contributed by atoms with Gasteiger partial charge in [-0.2, -0.15) is 4.31 Å². The Morgan fingerprint density at radius 1 is 1.10 bits per heavy atom. The smallest absolute Gasteiger partial charge is 0.270 e. The molecule has 1 amide bonds. The first kappa shape index (κ1) is 20.9. The molecular weight excluding hydrogens is 394 g/mol. The van der Waals surface area contributed by atoms with Gasteiger partial charge in [0, 0.05) is 36.5 Å². The molecule has 1 aliphatic heterocycles. The zero-order chi connectivity index (χ0) is 21.2. The van der Waals surface area contributed by atoms with Crippen LogP contribution in [0.1, 0.15) is 30.6 Å². The monoisotopic (exact) mass is 417 g/mol. The number of benzene rings is 2. The summed E-state index contributed by atoms with van der Waals surface area (Å²) in [5, 5.41) is 13.5. The van der Waals surface area contributed by atoms with Gasteiger partial charge in [-0.15, -0.1) is 0 Å². The molecule has 0 saturated carbocycles. The number of anilines is 1. The molecule has 0 aliphatic carbocycles. The van der Waals surface area contributed by atoms with Gasteiger partial charge in [-0.1, -0.05) is 19.9 Å². The molecule has 1 fully saturated rings. The van der Waals surface area contributed by atoms with Crippen molar-refractivity contribution in [1.82, 2.24) is 4.31 Å². The maximum absolute atomic E-state index is 12.9. The quantitative estimate of drug-likeness (QED) is 0.591. The van der Waals surface area contributed by atoms with Crippen LogP contribution in [0.15, 0.2) is 53.4 Å². The number of non-ortho nitro benzene ring substituents is 1. The van der Waals surface area contributed by atoms with Crippen LogP contribution in [0.4, 0.5) is 11.4 Å². The van der Waals surface area contributed by atoms with Crippen LogP contribution in [0.25, 0.3) is 0 Å². The average molecular weight is 417 g/mol. The fourth-order valence-electron chi connectivity index (χ4n) is 3.63. The van der Waals surface area contributed by atoms with Crippen molar-refractivity contribution < 1.29 is 18.1 Å². The van der Waals surface area contributed by atoms with Gasteiger partial charge in [0.05, 0.1) is 9.82 Å². The third-order valence-electron chi connectivity index (χ3n) is 4.90. The van der Waals surface area contributed by atoms with Gasteiger partial charge in [0.2, 0.25) is 10.0 Å². The number of sulfonamides is 1. The van der Waals surface area contributed by atoms with E-state index in [0.29, 0.717) is 30.6 Å². The molecule has 154 valence electrons. The van der Waals surface area contributed by atoms with E-state index in [0.717, 1.165) is 6.42 Å². The van der Waals surface area contributed by atoms with E-state index in [-0.39, 0.29) is 16.1 Å². The number of nitrogens with zero attached hydrogens (tertiary/aromatic N) is 2. The highest BCUT2D eigenvalue weighted by molar-refractivity contribution is 7.89. The summed E-state index contributed by atoms with van der Waals surface area (Å²) in [6, 6.07) is 11.3. The second-order valence-electron chi connectivity index (χ2n) is 7.55. The van der Waals surface area contributed by atoms with Gasteiger partial charge in [-0.05, 0) is 48.6 Å². The van der Waals surface area contributed by atoms with E-state index in [9.17, 15) is 23.3 Å². The van der Waals surface area contributed by atoms with Gasteiger partial charge >= 0.3 is 0 Å². The Balaban J connectivity index is 1.74. The average Bonchev–Trinajstić information content (AvgIpc) is 2.67. The number of hydrogen-bond acceptors (Lipinski definition) is 5. The summed E-state index contributed by atoms with van der Waals surface area (Å²) >= 11 is 0. The molecule has 0 bridgehead atoms. The van der Waals surface area contributed by atoms with Crippen molar-refractivity contribution in [2.45, 2.75) is 25.2 Å². The molecule has 1 aliphatic rings. The molecule has 9 heteroatoms. The number of nitrogens with one attached hydrogen (secondary N) is 1. The Hall–Kier alpha value is -2.78. The molecule has 2 aromatic rings. The van der Waals surface area contributed by atoms with Crippen LogP contribution in [0.3, 0.4) is 0 Å². The zero-order valence-electron chi connectivity index (χ0n) is 16.2. The summed E-state index contributed by atoms with van der Waals surface area (Å²) in [6.45, 7) is 5.09. The Morgan fingerprint density at radius 2 is 1.72 bits per heavy atom. The molecule has 1 heterocycles. The second kappa shape index (κ2) is 8.30. The van der Waals surface area contributed by atoms with Crippen LogP contribution in [-0.2, 0) is 10.0 Å². The SMILES string of the molecule is C[C@@H]1C[C@@H](C)CN(S(=O)(=O)c2ccc(NC(=O)c3cccc([N+](=O)[O-])c3)cc2)C1. The number of piperidine rings is 1. The zero-order valence-corrected chi connectivity index (χ0v) is 17.1. The van der Waals surface area contributed by atoms with Gasteiger partial charge in [0.25, 0.3) is 11.6 Å². The Bertz CT molecular complexity index is 1010. The summed E-state index contributed by atoms with van der Waals surface area (Å²) in [6.07, 6.45) is 1.01. The second-order valence-corrected chi connectivity index (χ2v) is 9.49. The van der Waals surface area contributed by atoms with Crippen molar-refractivity contribution in [1.29, 1.82) is 0 Å². The molecule has 29 heavy (non-hydrogen) atoms. The van der Waals surface area contributed by atoms with E-state index in [1.165, 1.54) is 52.8 Å². The molecule has 1 N–H and O–H groups in total. The first-order valence-electron chi connectivity index (χ1n) is 9.33. The van der Waals surface area contributed by atoms with E-state index in [1.807, 2.05) is 13.8 Å². The Kier molecular flexibility index (Phi) is 5.99. The lowest BCUT2D eigenvalue weighted by Gasteiger charge is -2.34. The van der Waals surface area contributed by atoms with Crippen molar-refractivity contribution in [2.24, 2.45) is 11.8 Å². The summed E-state index contributed by atoms with van der Waals surface area (Å²) < 4.78 is 27.3. The van der Waals surface area contributed by atoms with E-state index in [2.05, 4.69) is 5.32 Å². The largest absolute Gasteiger partial charge is 0.322 e. The maximum atomic E-state index is 12.9. The molecule has 2 atom stereocenters. The number of rotatable bonds is 5. The molecule has 1 saturated heterocycles. The van der Waals surface area contributed by atoms with Gasteiger partial charge in [-0.25, -0.2) is 8.42 Å². The first-order chi connectivity index (χ1) is 13.7. The lowest BCUT2D eigenvalue weighted by atomic mass is 9.94. The molecule has 0 unspecified atom stereocenters. The molecule has 2 aromatic carbocycles. The number of carbonyl (C=O) groups excluding carboxylic acids is 1. The minimum atomic E-state index is -3.59. The number of hydrogen-bond donors (Lipinski definition) is 1. The van der Waals surface area contributed by atoms with Crippen LogP contribution in [0.2, 0.25) is 0 Å². The minimum Gasteiger partial charge on any atom is -0.322 e. The van der Waals surface area contributed by atoms with Crippen molar-refractivity contribution in [3.8, 4) is 0 Å². The fourth-order valence-corrected chi connectivity index (χ4v) is 5.30. The van der Waals surface area contributed by atoms with Gasteiger partial charge in [-0.3, -0.25) is 14.9 Å². The minimum absolute atomic E-state index is 0.146. The highest BCUT2D eigenvalue weighted by atomic mass is 32.2. The predicted molar refractivity (Wildman–Crippen MR) is 109 cm³/mol. The summed E-state index contributed by atoms with van der Waals surface area (Å²) in [4.78, 5) is 22.8. The van der Waals surface area contributed by atoms with E-state index in [1.54, 1.807) is 0 Å². The normalized spacial score (nSPS) is 20.2. The summed E-state index contributed by atoms with van der Waals surface area (Å²) in [7, 11) is -3.59. The number of nitro groups is 1. The van der Waals surface area contributed by atoms with Crippen LogP contribution >= 0.6 is 0 Å². The van der Waals surface area contributed by atoms with Crippen LogP contribution in [0, 0.1) is 22.0 Å². The lowest BCUT2D eigenvalue weighted by Crippen LogP contribution is -2.42. The summed E-state index contributed by atoms with van der Waals surface area (Å²) in [5.74, 6) is 0.104. The van der Waals surface area contributed by atoms with E-state index >= 15 is 0 Å². The topological polar surface area (TPSA) is 110 Å². The predicted octanol–water partition coefficient (Wildman–Crippen LogP) is 3.51. The third-order valence-corrected chi connectivity index (χ3v) is 6.75. The number of carbonyl (C=O) groups is 1. The molecule has 0 aromatic heterocycles. The first-order valence-corrected chi connectivity index (χ1v) is 10.8. The van der Waals surface area contributed by atoms with Gasteiger partial charge in [0.1, 0.15) is 0 Å². The van der Waals surface area contributed by atoms with Crippen molar-refractivity contribution in [2.75, 3.05) is 18.4 Å². The van der Waals surface area contributed by atoms with Gasteiger partial charge in [0.15, 0.2) is 0 Å². The van der Waals surface area contributed by atoms with Crippen LogP contribution in [-0.4, -0.2) is 36.6 Å². The molecule has 3 rings (SSSR count). The van der Waals surface area contributed by atoms with E-state index < -0.39 is 20.9 Å². The molecule has 0 spiro atoms. The highest BCUT2D eigenvalue weighted by Crippen LogP contribution is 2.27.